The van der Waals surface area contributed by atoms with Crippen molar-refractivity contribution < 1.29 is 4.79 Å². The quantitative estimate of drug-likeness (QED) is 0.855. The number of carbonyl (C=O) groups excluding carboxylic acids is 1. The van der Waals surface area contributed by atoms with Crippen molar-refractivity contribution in [2.75, 3.05) is 0 Å². The fraction of sp³-hybridized carbons (Fsp3) is 0.571. The van der Waals surface area contributed by atoms with E-state index < -0.39 is 5.41 Å². The zero-order valence-corrected chi connectivity index (χ0v) is 11.0. The Hall–Kier alpha value is -1.42. The van der Waals surface area contributed by atoms with Gasteiger partial charge in [0.25, 0.3) is 0 Å². The van der Waals surface area contributed by atoms with E-state index in [9.17, 15) is 4.79 Å². The zero-order chi connectivity index (χ0) is 13.2. The highest BCUT2D eigenvalue weighted by molar-refractivity contribution is 5.83. The maximum atomic E-state index is 12.4. The second-order valence-electron chi connectivity index (χ2n) is 5.39. The van der Waals surface area contributed by atoms with Crippen molar-refractivity contribution in [3.63, 3.8) is 0 Å². The summed E-state index contributed by atoms with van der Waals surface area (Å²) in [7, 11) is 0. The summed E-state index contributed by atoms with van der Waals surface area (Å²) in [6, 6.07) is 3.80. The second kappa shape index (κ2) is 5.06. The van der Waals surface area contributed by atoms with Gasteiger partial charge in [0.05, 0.1) is 11.5 Å². The van der Waals surface area contributed by atoms with Crippen LogP contribution in [-0.4, -0.2) is 16.9 Å². The van der Waals surface area contributed by atoms with Crippen LogP contribution in [0, 0.1) is 5.41 Å². The van der Waals surface area contributed by atoms with Gasteiger partial charge in [0.1, 0.15) is 0 Å². The predicted octanol–water partition coefficient (Wildman–Crippen LogP) is 1.78. The maximum absolute atomic E-state index is 12.4. The van der Waals surface area contributed by atoms with Gasteiger partial charge < -0.3 is 11.1 Å². The summed E-state index contributed by atoms with van der Waals surface area (Å²) in [5, 5.41) is 3.06. The molecule has 2 unspecified atom stereocenters. The molecule has 98 valence electrons. The number of pyridine rings is 1. The largest absolute Gasteiger partial charge is 0.349 e. The van der Waals surface area contributed by atoms with E-state index in [2.05, 4.69) is 10.3 Å². The zero-order valence-electron chi connectivity index (χ0n) is 11.0. The van der Waals surface area contributed by atoms with Crippen LogP contribution in [0.15, 0.2) is 24.5 Å². The van der Waals surface area contributed by atoms with Crippen LogP contribution < -0.4 is 11.1 Å². The molecule has 1 heterocycles. The molecule has 1 aliphatic rings. The van der Waals surface area contributed by atoms with E-state index in [0.717, 1.165) is 24.8 Å². The molecule has 1 aliphatic carbocycles. The first-order valence-electron chi connectivity index (χ1n) is 6.50. The molecule has 4 nitrogen and oxygen atoms in total. The molecule has 1 aromatic heterocycles. The molecular weight excluding hydrogens is 226 g/mol. The number of rotatable bonds is 3. The molecule has 18 heavy (non-hydrogen) atoms. The summed E-state index contributed by atoms with van der Waals surface area (Å²) in [4.78, 5) is 16.3. The van der Waals surface area contributed by atoms with Gasteiger partial charge in [-0.1, -0.05) is 6.42 Å². The van der Waals surface area contributed by atoms with Crippen LogP contribution in [0.4, 0.5) is 0 Å². The summed E-state index contributed by atoms with van der Waals surface area (Å²) in [5.74, 6) is 0.0665. The van der Waals surface area contributed by atoms with Crippen LogP contribution in [0.5, 0.6) is 0 Å². The lowest BCUT2D eigenvalue weighted by Gasteiger charge is -2.29. The first kappa shape index (κ1) is 13.0. The number of hydrogen-bond donors (Lipinski definition) is 2. The molecule has 1 fully saturated rings. The van der Waals surface area contributed by atoms with Crippen LogP contribution in [0.2, 0.25) is 0 Å². The molecule has 2 rings (SSSR count). The molecule has 1 aromatic rings. The number of amides is 1. The number of hydrogen-bond acceptors (Lipinski definition) is 3. The molecule has 0 saturated heterocycles. The minimum Gasteiger partial charge on any atom is -0.349 e. The normalized spacial score (nSPS) is 28.9. The van der Waals surface area contributed by atoms with Gasteiger partial charge in [-0.15, -0.1) is 0 Å². The van der Waals surface area contributed by atoms with Gasteiger partial charge in [0.2, 0.25) is 5.91 Å². The van der Waals surface area contributed by atoms with Gasteiger partial charge in [0.15, 0.2) is 0 Å². The van der Waals surface area contributed by atoms with Crippen LogP contribution >= 0.6 is 0 Å². The third kappa shape index (κ3) is 2.38. The number of nitrogens with one attached hydrogen (secondary N) is 1. The van der Waals surface area contributed by atoms with Crippen LogP contribution in [0.1, 0.15) is 44.7 Å². The summed E-state index contributed by atoms with van der Waals surface area (Å²) in [6.07, 6.45) is 6.33. The van der Waals surface area contributed by atoms with E-state index in [1.165, 1.54) is 0 Å². The third-order valence-electron chi connectivity index (χ3n) is 4.10. The van der Waals surface area contributed by atoms with E-state index in [0.29, 0.717) is 0 Å². The molecule has 0 aliphatic heterocycles. The Labute approximate surface area is 108 Å². The fourth-order valence-electron chi connectivity index (χ4n) is 2.57. The van der Waals surface area contributed by atoms with Crippen molar-refractivity contribution in [2.45, 2.75) is 45.2 Å². The number of carbonyl (C=O) groups is 1. The molecule has 0 bridgehead atoms. The molecule has 0 spiro atoms. The summed E-state index contributed by atoms with van der Waals surface area (Å²) in [5.41, 5.74) is 6.71. The van der Waals surface area contributed by atoms with E-state index in [1.54, 1.807) is 12.4 Å². The van der Waals surface area contributed by atoms with Crippen molar-refractivity contribution in [3.8, 4) is 0 Å². The Bertz CT molecular complexity index is 420. The topological polar surface area (TPSA) is 68.0 Å². The maximum Gasteiger partial charge on any atom is 0.227 e. The SMILES string of the molecule is C[C@@H](NC(=O)C1(C)CCCC1N)c1ccncc1. The van der Waals surface area contributed by atoms with Crippen molar-refractivity contribution in [3.05, 3.63) is 30.1 Å². The van der Waals surface area contributed by atoms with E-state index in [-0.39, 0.29) is 18.0 Å². The van der Waals surface area contributed by atoms with E-state index >= 15 is 0 Å². The summed E-state index contributed by atoms with van der Waals surface area (Å²) in [6.45, 7) is 3.95. The van der Waals surface area contributed by atoms with Crippen LogP contribution in [-0.2, 0) is 4.79 Å². The van der Waals surface area contributed by atoms with Gasteiger partial charge in [-0.25, -0.2) is 0 Å². The summed E-state index contributed by atoms with van der Waals surface area (Å²) < 4.78 is 0. The standard InChI is InChI=1S/C14H21N3O/c1-10(11-5-8-16-9-6-11)17-13(18)14(2)7-3-4-12(14)15/h5-6,8-10,12H,3-4,7,15H2,1-2H3,(H,17,18)/t10-,12?,14?/m1/s1. The van der Waals surface area contributed by atoms with Crippen LogP contribution in [0.3, 0.4) is 0 Å². The van der Waals surface area contributed by atoms with Gasteiger partial charge in [0, 0.05) is 18.4 Å². The molecule has 0 aromatic carbocycles. The molecule has 1 saturated carbocycles. The highest BCUT2D eigenvalue weighted by Crippen LogP contribution is 2.37. The molecule has 1 amide bonds. The number of aromatic nitrogens is 1. The fourth-order valence-corrected chi connectivity index (χ4v) is 2.57. The van der Waals surface area contributed by atoms with Crippen molar-refractivity contribution in [2.24, 2.45) is 11.1 Å². The van der Waals surface area contributed by atoms with E-state index in [1.807, 2.05) is 26.0 Å². The van der Waals surface area contributed by atoms with Gasteiger partial charge in [-0.2, -0.15) is 0 Å². The Morgan fingerprint density at radius 1 is 1.56 bits per heavy atom. The number of nitrogens with two attached hydrogens (primary N) is 1. The lowest BCUT2D eigenvalue weighted by atomic mass is 9.84. The van der Waals surface area contributed by atoms with Crippen molar-refractivity contribution in [1.82, 2.24) is 10.3 Å². The summed E-state index contributed by atoms with van der Waals surface area (Å²) >= 11 is 0. The predicted molar refractivity (Wildman–Crippen MR) is 70.7 cm³/mol. The Morgan fingerprint density at radius 3 is 2.78 bits per heavy atom. The third-order valence-corrected chi connectivity index (χ3v) is 4.10. The smallest absolute Gasteiger partial charge is 0.227 e. The number of nitrogens with zero attached hydrogens (tertiary/aromatic N) is 1. The molecular formula is C14H21N3O. The Balaban J connectivity index is 2.04. The van der Waals surface area contributed by atoms with Crippen molar-refractivity contribution >= 4 is 5.91 Å². The minimum atomic E-state index is -0.415. The second-order valence-corrected chi connectivity index (χ2v) is 5.39. The molecule has 4 heteroatoms. The van der Waals surface area contributed by atoms with Gasteiger partial charge in [-0.05, 0) is 44.4 Å². The minimum absolute atomic E-state index is 0.00914. The van der Waals surface area contributed by atoms with Crippen LogP contribution in [0.25, 0.3) is 0 Å². The van der Waals surface area contributed by atoms with Gasteiger partial charge >= 0.3 is 0 Å². The van der Waals surface area contributed by atoms with E-state index in [4.69, 9.17) is 5.73 Å². The van der Waals surface area contributed by atoms with Crippen molar-refractivity contribution in [1.29, 1.82) is 0 Å². The molecule has 0 radical (unpaired) electrons. The molecule has 3 N–H and O–H groups in total. The van der Waals surface area contributed by atoms with Gasteiger partial charge in [-0.3, -0.25) is 9.78 Å². The Morgan fingerprint density at radius 2 is 2.22 bits per heavy atom. The average Bonchev–Trinajstić information content (AvgIpc) is 2.72. The highest BCUT2D eigenvalue weighted by Gasteiger charge is 2.43. The average molecular weight is 247 g/mol. The lowest BCUT2D eigenvalue weighted by Crippen LogP contribution is -2.47. The Kier molecular flexibility index (Phi) is 3.66. The first-order valence-corrected chi connectivity index (χ1v) is 6.50. The first-order chi connectivity index (χ1) is 8.54. The monoisotopic (exact) mass is 247 g/mol. The highest BCUT2D eigenvalue weighted by atomic mass is 16.2. The molecule has 3 atom stereocenters. The lowest BCUT2D eigenvalue weighted by molar-refractivity contribution is -0.131.